The first kappa shape index (κ1) is 20.1. The van der Waals surface area contributed by atoms with Crippen molar-refractivity contribution in [3.63, 3.8) is 0 Å². The first-order valence-electron chi connectivity index (χ1n) is 8.26. The number of methoxy groups -OCH3 is 2. The third kappa shape index (κ3) is 4.08. The van der Waals surface area contributed by atoms with E-state index in [0.717, 1.165) is 21.6 Å². The second-order valence-electron chi connectivity index (χ2n) is 5.93. The van der Waals surface area contributed by atoms with Crippen molar-refractivity contribution in [2.24, 2.45) is 0 Å². The highest BCUT2D eigenvalue weighted by atomic mass is 32.7. The smallest absolute Gasteiger partial charge is 0.388 e. The molecule has 0 aliphatic carbocycles. The van der Waals surface area contributed by atoms with E-state index >= 15 is 0 Å². The molecule has 2 heterocycles. The van der Waals surface area contributed by atoms with Gasteiger partial charge in [0.1, 0.15) is 5.75 Å². The Morgan fingerprint density at radius 3 is 2.62 bits per heavy atom. The fraction of sp³-hybridized carbons (Fsp3) is 0.167. The standard InChI is InChI=1S/C18H16NO7PS2/c1-23-13-4-3-10(7-16(13)29-27(20,21)22)12-8-19-28-18(12)11-5-14(24-2)17-15(6-11)25-9-26-17/h3-8H,9H2,1-2H3,(H2,20,21,22). The van der Waals surface area contributed by atoms with Crippen molar-refractivity contribution in [2.45, 2.75) is 4.90 Å². The molecule has 0 atom stereocenters. The Kier molecular flexibility index (Phi) is 5.46. The van der Waals surface area contributed by atoms with Crippen molar-refractivity contribution in [1.82, 2.24) is 4.37 Å². The van der Waals surface area contributed by atoms with Crippen LogP contribution in [0.25, 0.3) is 21.6 Å². The average molecular weight is 453 g/mol. The van der Waals surface area contributed by atoms with E-state index in [-0.39, 0.29) is 6.79 Å². The van der Waals surface area contributed by atoms with Gasteiger partial charge in [-0.25, -0.2) is 4.57 Å². The highest BCUT2D eigenvalue weighted by molar-refractivity contribution is 8.54. The lowest BCUT2D eigenvalue weighted by atomic mass is 10.0. The molecule has 1 aromatic heterocycles. The lowest BCUT2D eigenvalue weighted by molar-refractivity contribution is 0.171. The Morgan fingerprint density at radius 1 is 1.10 bits per heavy atom. The maximum absolute atomic E-state index is 11.5. The van der Waals surface area contributed by atoms with Gasteiger partial charge < -0.3 is 28.7 Å². The van der Waals surface area contributed by atoms with Crippen LogP contribution < -0.4 is 18.9 Å². The SMILES string of the molecule is COc1ccc(-c2cnsc2-c2cc(OC)c3c(c2)OCO3)cc1SP(=O)(O)O. The predicted octanol–water partition coefficient (Wildman–Crippen LogP) is 4.41. The Morgan fingerprint density at radius 2 is 1.90 bits per heavy atom. The minimum absolute atomic E-state index is 0.131. The summed E-state index contributed by atoms with van der Waals surface area (Å²) in [5.41, 5.74) is 2.40. The topological polar surface area (TPSA) is 107 Å². The van der Waals surface area contributed by atoms with Gasteiger partial charge in [0.15, 0.2) is 11.5 Å². The van der Waals surface area contributed by atoms with E-state index in [1.807, 2.05) is 18.2 Å². The number of hydrogen-bond donors (Lipinski definition) is 2. The van der Waals surface area contributed by atoms with Gasteiger partial charge in [-0.15, -0.1) is 0 Å². The summed E-state index contributed by atoms with van der Waals surface area (Å²) in [6.07, 6.45) is 1.71. The van der Waals surface area contributed by atoms with Crippen LogP contribution in [0.3, 0.4) is 0 Å². The quantitative estimate of drug-likeness (QED) is 0.525. The second kappa shape index (κ2) is 7.89. The van der Waals surface area contributed by atoms with Crippen LogP contribution in [-0.2, 0) is 4.57 Å². The number of hydrogen-bond acceptors (Lipinski definition) is 8. The van der Waals surface area contributed by atoms with Gasteiger partial charge in [-0.2, -0.15) is 4.37 Å². The van der Waals surface area contributed by atoms with Gasteiger partial charge in [-0.05, 0) is 52.7 Å². The Balaban J connectivity index is 1.80. The number of fused-ring (bicyclic) bond motifs is 1. The van der Waals surface area contributed by atoms with E-state index in [1.165, 1.54) is 18.6 Å². The van der Waals surface area contributed by atoms with Crippen molar-refractivity contribution in [3.8, 4) is 44.6 Å². The molecule has 0 unspecified atom stereocenters. The molecule has 0 fully saturated rings. The van der Waals surface area contributed by atoms with Gasteiger partial charge in [0.05, 0.1) is 24.0 Å². The number of aromatic nitrogens is 1. The molecule has 2 N–H and O–H groups in total. The molecule has 0 saturated heterocycles. The molecule has 29 heavy (non-hydrogen) atoms. The molecule has 3 aromatic rings. The molecular formula is C18H16NO7PS2. The molecule has 11 heteroatoms. The van der Waals surface area contributed by atoms with Crippen LogP contribution in [0.5, 0.6) is 23.0 Å². The Labute approximate surface area is 174 Å². The number of nitrogens with zero attached hydrogens (tertiary/aromatic N) is 1. The van der Waals surface area contributed by atoms with Crippen molar-refractivity contribution in [2.75, 3.05) is 21.0 Å². The fourth-order valence-electron chi connectivity index (χ4n) is 2.96. The summed E-state index contributed by atoms with van der Waals surface area (Å²) in [6, 6.07) is 8.88. The monoisotopic (exact) mass is 453 g/mol. The maximum Gasteiger partial charge on any atom is 0.388 e. The van der Waals surface area contributed by atoms with Gasteiger partial charge in [-0.3, -0.25) is 0 Å². The van der Waals surface area contributed by atoms with Gasteiger partial charge in [0, 0.05) is 17.3 Å². The van der Waals surface area contributed by atoms with Crippen LogP contribution in [0.15, 0.2) is 41.4 Å². The second-order valence-corrected chi connectivity index (χ2v) is 10.3. The molecule has 0 saturated carbocycles. The number of benzene rings is 2. The number of ether oxygens (including phenoxy) is 4. The van der Waals surface area contributed by atoms with Gasteiger partial charge >= 0.3 is 6.80 Å². The van der Waals surface area contributed by atoms with Crippen LogP contribution in [0.4, 0.5) is 0 Å². The van der Waals surface area contributed by atoms with E-state index in [2.05, 4.69) is 4.37 Å². The minimum Gasteiger partial charge on any atom is -0.496 e. The molecule has 1 aliphatic rings. The zero-order chi connectivity index (χ0) is 20.6. The third-order valence-corrected chi connectivity index (χ3v) is 7.09. The lowest BCUT2D eigenvalue weighted by Crippen LogP contribution is -1.93. The summed E-state index contributed by atoms with van der Waals surface area (Å²) in [7, 11) is 3.01. The summed E-state index contributed by atoms with van der Waals surface area (Å²) in [5.74, 6) is 2.09. The highest BCUT2D eigenvalue weighted by Crippen LogP contribution is 2.57. The zero-order valence-electron chi connectivity index (χ0n) is 15.3. The van der Waals surface area contributed by atoms with Crippen LogP contribution in [0.2, 0.25) is 0 Å². The normalized spacial score (nSPS) is 12.8. The van der Waals surface area contributed by atoms with E-state index in [4.69, 9.17) is 18.9 Å². The van der Waals surface area contributed by atoms with Crippen LogP contribution in [0, 0.1) is 0 Å². The van der Waals surface area contributed by atoms with Crippen molar-refractivity contribution >= 4 is 29.7 Å². The molecule has 2 aromatic carbocycles. The Bertz CT molecular complexity index is 1110. The highest BCUT2D eigenvalue weighted by Gasteiger charge is 2.24. The van der Waals surface area contributed by atoms with Crippen molar-refractivity contribution < 1.29 is 33.3 Å². The van der Waals surface area contributed by atoms with Gasteiger partial charge in [0.25, 0.3) is 0 Å². The minimum atomic E-state index is -4.34. The molecule has 4 rings (SSSR count). The van der Waals surface area contributed by atoms with E-state index in [9.17, 15) is 14.4 Å². The maximum atomic E-state index is 11.5. The molecular weight excluding hydrogens is 437 g/mol. The zero-order valence-corrected chi connectivity index (χ0v) is 17.8. The molecule has 1 aliphatic heterocycles. The fourth-order valence-corrected chi connectivity index (χ4v) is 5.59. The first-order valence-corrected chi connectivity index (χ1v) is 12.1. The first-order chi connectivity index (χ1) is 13.9. The summed E-state index contributed by atoms with van der Waals surface area (Å²) >= 11 is 1.75. The van der Waals surface area contributed by atoms with Crippen LogP contribution >= 0.6 is 29.7 Å². The number of rotatable bonds is 6. The summed E-state index contributed by atoms with van der Waals surface area (Å²) in [5, 5.41) is 0. The predicted molar refractivity (Wildman–Crippen MR) is 110 cm³/mol. The van der Waals surface area contributed by atoms with Crippen LogP contribution in [0.1, 0.15) is 0 Å². The van der Waals surface area contributed by atoms with Gasteiger partial charge in [-0.1, -0.05) is 6.07 Å². The molecule has 152 valence electrons. The third-order valence-electron chi connectivity index (χ3n) is 4.18. The van der Waals surface area contributed by atoms with Crippen molar-refractivity contribution in [1.29, 1.82) is 0 Å². The summed E-state index contributed by atoms with van der Waals surface area (Å²) in [6.45, 7) is -4.21. The van der Waals surface area contributed by atoms with E-state index < -0.39 is 6.80 Å². The Hall–Kier alpha value is -2.23. The van der Waals surface area contributed by atoms with Crippen LogP contribution in [-0.4, -0.2) is 35.2 Å². The van der Waals surface area contributed by atoms with Gasteiger partial charge in [0.2, 0.25) is 12.5 Å². The van der Waals surface area contributed by atoms with Crippen molar-refractivity contribution in [3.05, 3.63) is 36.5 Å². The summed E-state index contributed by atoms with van der Waals surface area (Å²) < 4.78 is 37.4. The van der Waals surface area contributed by atoms with E-state index in [0.29, 0.717) is 39.3 Å². The molecule has 0 spiro atoms. The lowest BCUT2D eigenvalue weighted by Gasteiger charge is -2.12. The average Bonchev–Trinajstić information content (AvgIpc) is 3.35. The molecule has 0 radical (unpaired) electrons. The van der Waals surface area contributed by atoms with E-state index in [1.54, 1.807) is 25.4 Å². The molecule has 8 nitrogen and oxygen atoms in total. The molecule has 0 bridgehead atoms. The summed E-state index contributed by atoms with van der Waals surface area (Å²) in [4.78, 5) is 19.9. The largest absolute Gasteiger partial charge is 0.496 e. The molecule has 0 amide bonds.